The third kappa shape index (κ3) is 3.10. The van der Waals surface area contributed by atoms with E-state index in [1.165, 1.54) is 18.2 Å². The predicted octanol–water partition coefficient (Wildman–Crippen LogP) is 2.41. The molecule has 0 saturated heterocycles. The van der Waals surface area contributed by atoms with E-state index in [-0.39, 0.29) is 6.42 Å². The van der Waals surface area contributed by atoms with Gasteiger partial charge in [-0.3, -0.25) is 4.79 Å². The second-order valence-corrected chi connectivity index (χ2v) is 3.08. The molecule has 0 amide bonds. The van der Waals surface area contributed by atoms with Crippen molar-refractivity contribution in [1.82, 2.24) is 0 Å². The number of hydrogen-bond donors (Lipinski definition) is 1. The minimum atomic E-state index is -0.983. The molecule has 0 aliphatic rings. The largest absolute Gasteiger partial charge is 0.481 e. The molecule has 0 aliphatic heterocycles. The fraction of sp³-hybridized carbons (Fsp3) is 0.250. The fourth-order valence-corrected chi connectivity index (χ4v) is 1.28. The molecule has 0 saturated carbocycles. The van der Waals surface area contributed by atoms with Crippen molar-refractivity contribution in [2.45, 2.75) is 19.3 Å². The van der Waals surface area contributed by atoms with E-state index in [9.17, 15) is 9.18 Å². The van der Waals surface area contributed by atoms with Gasteiger partial charge in [0.1, 0.15) is 5.82 Å². The molecule has 1 aromatic rings. The van der Waals surface area contributed by atoms with Crippen LogP contribution in [0.15, 0.2) is 24.3 Å². The van der Waals surface area contributed by atoms with Crippen LogP contribution in [0.3, 0.4) is 0 Å². The van der Waals surface area contributed by atoms with Crippen LogP contribution in [0.25, 0.3) is 0 Å². The molecule has 0 bridgehead atoms. The Bertz CT molecular complexity index is 415. The first-order chi connectivity index (χ1) is 7.15. The molecular weight excluding hydrogens is 195 g/mol. The van der Waals surface area contributed by atoms with E-state index in [1.54, 1.807) is 13.0 Å². The SMILES string of the molecule is CC#CCC(C(=O)O)c1cccc(F)c1. The highest BCUT2D eigenvalue weighted by atomic mass is 19.1. The van der Waals surface area contributed by atoms with Crippen molar-refractivity contribution in [1.29, 1.82) is 0 Å². The molecule has 1 rings (SSSR count). The lowest BCUT2D eigenvalue weighted by molar-refractivity contribution is -0.138. The molecule has 1 aromatic carbocycles. The Balaban J connectivity index is 2.97. The van der Waals surface area contributed by atoms with Crippen molar-refractivity contribution in [3.05, 3.63) is 35.6 Å². The molecule has 0 aromatic heterocycles. The molecule has 0 aliphatic carbocycles. The van der Waals surface area contributed by atoms with Gasteiger partial charge >= 0.3 is 5.97 Å². The van der Waals surface area contributed by atoms with Crippen molar-refractivity contribution in [3.63, 3.8) is 0 Å². The number of hydrogen-bond acceptors (Lipinski definition) is 1. The van der Waals surface area contributed by atoms with Gasteiger partial charge < -0.3 is 5.11 Å². The maximum atomic E-state index is 12.9. The van der Waals surface area contributed by atoms with E-state index in [0.717, 1.165) is 0 Å². The second-order valence-electron chi connectivity index (χ2n) is 3.08. The summed E-state index contributed by atoms with van der Waals surface area (Å²) in [5, 5.41) is 8.95. The highest BCUT2D eigenvalue weighted by Gasteiger charge is 2.18. The van der Waals surface area contributed by atoms with Gasteiger partial charge in [-0.25, -0.2) is 4.39 Å². The topological polar surface area (TPSA) is 37.3 Å². The van der Waals surface area contributed by atoms with Crippen molar-refractivity contribution in [2.24, 2.45) is 0 Å². The van der Waals surface area contributed by atoms with Crippen LogP contribution in [0.2, 0.25) is 0 Å². The Kier molecular flexibility index (Phi) is 3.87. The lowest BCUT2D eigenvalue weighted by Gasteiger charge is -2.08. The third-order valence-corrected chi connectivity index (χ3v) is 2.03. The van der Waals surface area contributed by atoms with Crippen molar-refractivity contribution in [3.8, 4) is 11.8 Å². The van der Waals surface area contributed by atoms with Gasteiger partial charge in [0.15, 0.2) is 0 Å². The highest BCUT2D eigenvalue weighted by Crippen LogP contribution is 2.20. The summed E-state index contributed by atoms with van der Waals surface area (Å²) in [6.45, 7) is 1.64. The summed E-state index contributed by atoms with van der Waals surface area (Å²) in [5.74, 6) is 3.16. The summed E-state index contributed by atoms with van der Waals surface area (Å²) in [5.41, 5.74) is 0.449. The van der Waals surface area contributed by atoms with E-state index in [1.807, 2.05) is 0 Å². The Hall–Kier alpha value is -1.82. The van der Waals surface area contributed by atoms with Crippen LogP contribution < -0.4 is 0 Å². The van der Waals surface area contributed by atoms with Crippen LogP contribution in [0.4, 0.5) is 4.39 Å². The Labute approximate surface area is 87.7 Å². The number of halogens is 1. The molecule has 0 spiro atoms. The van der Waals surface area contributed by atoms with Crippen LogP contribution in [-0.2, 0) is 4.79 Å². The number of carboxylic acid groups (broad SMARTS) is 1. The van der Waals surface area contributed by atoms with Gasteiger partial charge in [0, 0.05) is 6.42 Å². The number of benzene rings is 1. The van der Waals surface area contributed by atoms with Gasteiger partial charge in [0.25, 0.3) is 0 Å². The average molecular weight is 206 g/mol. The van der Waals surface area contributed by atoms with Gasteiger partial charge in [-0.2, -0.15) is 0 Å². The van der Waals surface area contributed by atoms with E-state index < -0.39 is 17.7 Å². The third-order valence-electron chi connectivity index (χ3n) is 2.03. The minimum Gasteiger partial charge on any atom is -0.481 e. The van der Waals surface area contributed by atoms with Gasteiger partial charge in [0.2, 0.25) is 0 Å². The van der Waals surface area contributed by atoms with E-state index in [4.69, 9.17) is 5.11 Å². The molecule has 0 heterocycles. The zero-order valence-corrected chi connectivity index (χ0v) is 8.33. The molecule has 2 nitrogen and oxygen atoms in total. The Morgan fingerprint density at radius 1 is 1.60 bits per heavy atom. The zero-order chi connectivity index (χ0) is 11.3. The molecule has 1 unspecified atom stereocenters. The van der Waals surface area contributed by atoms with Gasteiger partial charge in [-0.15, -0.1) is 11.8 Å². The Morgan fingerprint density at radius 2 is 2.33 bits per heavy atom. The van der Waals surface area contributed by atoms with Crippen LogP contribution in [0.1, 0.15) is 24.8 Å². The number of rotatable bonds is 3. The summed E-state index contributed by atoms with van der Waals surface area (Å²) in [7, 11) is 0. The molecule has 78 valence electrons. The van der Waals surface area contributed by atoms with Crippen LogP contribution in [0, 0.1) is 17.7 Å². The van der Waals surface area contributed by atoms with Crippen molar-refractivity contribution in [2.75, 3.05) is 0 Å². The van der Waals surface area contributed by atoms with Crippen molar-refractivity contribution < 1.29 is 14.3 Å². The number of carboxylic acids is 1. The van der Waals surface area contributed by atoms with E-state index in [0.29, 0.717) is 5.56 Å². The molecule has 1 N–H and O–H groups in total. The average Bonchev–Trinajstić information content (AvgIpc) is 2.18. The summed E-state index contributed by atoms with van der Waals surface area (Å²) >= 11 is 0. The second kappa shape index (κ2) is 5.16. The number of aliphatic carboxylic acids is 1. The normalized spacial score (nSPS) is 11.3. The van der Waals surface area contributed by atoms with E-state index in [2.05, 4.69) is 11.8 Å². The van der Waals surface area contributed by atoms with Gasteiger partial charge in [-0.1, -0.05) is 12.1 Å². The molecule has 0 fully saturated rings. The van der Waals surface area contributed by atoms with Crippen LogP contribution in [0.5, 0.6) is 0 Å². The summed E-state index contributed by atoms with van der Waals surface area (Å²) < 4.78 is 12.9. The summed E-state index contributed by atoms with van der Waals surface area (Å²) in [6, 6.07) is 5.61. The molecular formula is C12H11FO2. The van der Waals surface area contributed by atoms with E-state index >= 15 is 0 Å². The number of carbonyl (C=O) groups is 1. The monoisotopic (exact) mass is 206 g/mol. The lowest BCUT2D eigenvalue weighted by Crippen LogP contribution is -2.11. The van der Waals surface area contributed by atoms with Crippen LogP contribution in [-0.4, -0.2) is 11.1 Å². The molecule has 15 heavy (non-hydrogen) atoms. The molecule has 1 atom stereocenters. The highest BCUT2D eigenvalue weighted by molar-refractivity contribution is 5.76. The minimum absolute atomic E-state index is 0.204. The standard InChI is InChI=1S/C12H11FO2/c1-2-3-7-11(12(14)15)9-5-4-6-10(13)8-9/h4-6,8,11H,7H2,1H3,(H,14,15). The van der Waals surface area contributed by atoms with Gasteiger partial charge in [-0.05, 0) is 24.6 Å². The molecule has 0 radical (unpaired) electrons. The predicted molar refractivity (Wildman–Crippen MR) is 54.8 cm³/mol. The van der Waals surface area contributed by atoms with Gasteiger partial charge in [0.05, 0.1) is 5.92 Å². The smallest absolute Gasteiger partial charge is 0.311 e. The Morgan fingerprint density at radius 3 is 2.87 bits per heavy atom. The lowest BCUT2D eigenvalue weighted by atomic mass is 9.96. The van der Waals surface area contributed by atoms with Crippen molar-refractivity contribution >= 4 is 5.97 Å². The maximum Gasteiger partial charge on any atom is 0.311 e. The first kappa shape index (κ1) is 11.3. The zero-order valence-electron chi connectivity index (χ0n) is 8.33. The van der Waals surface area contributed by atoms with Crippen LogP contribution >= 0.6 is 0 Å². The quantitative estimate of drug-likeness (QED) is 0.771. The summed E-state index contributed by atoms with van der Waals surface area (Å²) in [6.07, 6.45) is 0.204. The first-order valence-electron chi connectivity index (χ1n) is 4.53. The summed E-state index contributed by atoms with van der Waals surface area (Å²) in [4.78, 5) is 10.9. The maximum absolute atomic E-state index is 12.9. The first-order valence-corrected chi connectivity index (χ1v) is 4.53. The molecule has 3 heteroatoms. The fourth-order valence-electron chi connectivity index (χ4n) is 1.28.